The number of pyridine rings is 1. The fraction of sp³-hybridized carbons (Fsp3) is 0.190. The van der Waals surface area contributed by atoms with Gasteiger partial charge in [-0.1, -0.05) is 0 Å². The van der Waals surface area contributed by atoms with Gasteiger partial charge in [-0.15, -0.1) is 0 Å². The van der Waals surface area contributed by atoms with Crippen LogP contribution in [0.5, 0.6) is 0 Å². The van der Waals surface area contributed by atoms with Gasteiger partial charge in [0.15, 0.2) is 0 Å². The first-order chi connectivity index (χ1) is 17.3. The van der Waals surface area contributed by atoms with Gasteiger partial charge in [0.05, 0.1) is 21.7 Å². The van der Waals surface area contributed by atoms with Crippen LogP contribution in [-0.2, 0) is 12.4 Å². The van der Waals surface area contributed by atoms with Crippen LogP contribution in [0.25, 0.3) is 16.9 Å². The van der Waals surface area contributed by atoms with Crippen molar-refractivity contribution < 1.29 is 31.3 Å². The zero-order valence-electron chi connectivity index (χ0n) is 18.4. The van der Waals surface area contributed by atoms with Crippen molar-refractivity contribution in [2.24, 2.45) is 0 Å². The average Bonchev–Trinajstić information content (AvgIpc) is 3.29. The molecule has 0 saturated carbocycles. The Kier molecular flexibility index (Phi) is 6.49. The topological polar surface area (TPSA) is 136 Å². The Balaban J connectivity index is 1.59. The fourth-order valence-corrected chi connectivity index (χ4v) is 3.38. The molecule has 37 heavy (non-hydrogen) atoms. The van der Waals surface area contributed by atoms with Crippen LogP contribution in [0.2, 0.25) is 0 Å². The number of hydrogen-bond acceptors (Lipinski definition) is 8. The van der Waals surface area contributed by atoms with Crippen molar-refractivity contribution in [1.29, 1.82) is 0 Å². The number of fused-ring (bicyclic) bond motifs is 1. The molecule has 4 aromatic rings. The van der Waals surface area contributed by atoms with Crippen LogP contribution in [0.3, 0.4) is 0 Å². The predicted molar refractivity (Wildman–Crippen MR) is 121 cm³/mol. The molecule has 0 spiro atoms. The average molecular weight is 526 g/mol. The van der Waals surface area contributed by atoms with E-state index in [9.17, 15) is 36.5 Å². The largest absolute Gasteiger partial charge is 0.416 e. The third-order valence-electron chi connectivity index (χ3n) is 5.09. The molecule has 0 amide bonds. The second kappa shape index (κ2) is 9.44. The van der Waals surface area contributed by atoms with Crippen molar-refractivity contribution >= 4 is 28.9 Å². The van der Waals surface area contributed by atoms with Gasteiger partial charge in [0, 0.05) is 43.2 Å². The van der Waals surface area contributed by atoms with Crippen LogP contribution >= 0.6 is 0 Å². The maximum absolute atomic E-state index is 13.3. The van der Waals surface area contributed by atoms with E-state index in [0.29, 0.717) is 12.1 Å². The first-order valence-corrected chi connectivity index (χ1v) is 10.4. The Morgan fingerprint density at radius 2 is 1.59 bits per heavy atom. The zero-order valence-corrected chi connectivity index (χ0v) is 18.4. The van der Waals surface area contributed by atoms with E-state index in [0.717, 1.165) is 0 Å². The van der Waals surface area contributed by atoms with Crippen LogP contribution in [-0.4, -0.2) is 37.4 Å². The number of nitrogens with zero attached hydrogens (tertiary/aromatic N) is 5. The molecular formula is C21H16F6N8O2. The minimum Gasteiger partial charge on any atom is -0.378 e. The van der Waals surface area contributed by atoms with Crippen molar-refractivity contribution in [3.8, 4) is 11.3 Å². The monoisotopic (exact) mass is 526 g/mol. The molecule has 194 valence electrons. The summed E-state index contributed by atoms with van der Waals surface area (Å²) in [6, 6.07) is 5.03. The molecule has 4 rings (SSSR count). The Morgan fingerprint density at radius 3 is 2.19 bits per heavy atom. The molecule has 1 aromatic carbocycles. The fourth-order valence-electron chi connectivity index (χ4n) is 3.38. The highest BCUT2D eigenvalue weighted by molar-refractivity contribution is 5.68. The van der Waals surface area contributed by atoms with Gasteiger partial charge >= 0.3 is 18.0 Å². The van der Waals surface area contributed by atoms with E-state index in [2.05, 4.69) is 25.6 Å². The lowest BCUT2D eigenvalue weighted by Crippen LogP contribution is -2.17. The lowest BCUT2D eigenvalue weighted by Gasteiger charge is -2.15. The van der Waals surface area contributed by atoms with Gasteiger partial charge < -0.3 is 16.4 Å². The number of alkyl halides is 6. The molecule has 0 fully saturated rings. The molecule has 0 radical (unpaired) electrons. The summed E-state index contributed by atoms with van der Waals surface area (Å²) in [5, 5.41) is 16.6. The Bertz CT molecular complexity index is 1440. The smallest absolute Gasteiger partial charge is 0.378 e. The molecule has 0 aliphatic heterocycles. The van der Waals surface area contributed by atoms with Crippen LogP contribution in [0.15, 0.2) is 48.8 Å². The van der Waals surface area contributed by atoms with Crippen molar-refractivity contribution in [2.75, 3.05) is 29.5 Å². The Labute approximate surface area is 203 Å². The quantitative estimate of drug-likeness (QED) is 0.135. The predicted octanol–water partition coefficient (Wildman–Crippen LogP) is 4.84. The van der Waals surface area contributed by atoms with Crippen LogP contribution < -0.4 is 16.4 Å². The summed E-state index contributed by atoms with van der Waals surface area (Å²) in [7, 11) is 0. The number of imidazole rings is 1. The molecule has 0 atom stereocenters. The molecule has 16 heteroatoms. The molecular weight excluding hydrogens is 510 g/mol. The van der Waals surface area contributed by atoms with Crippen molar-refractivity contribution in [2.45, 2.75) is 12.4 Å². The Morgan fingerprint density at radius 1 is 0.946 bits per heavy atom. The summed E-state index contributed by atoms with van der Waals surface area (Å²) in [5.41, 5.74) is 1.96. The summed E-state index contributed by atoms with van der Waals surface area (Å²) in [4.78, 5) is 22.3. The molecule has 4 N–H and O–H groups in total. The first kappa shape index (κ1) is 25.5. The van der Waals surface area contributed by atoms with E-state index in [1.165, 1.54) is 35.0 Å². The first-order valence-electron chi connectivity index (χ1n) is 10.4. The molecule has 0 bridgehead atoms. The maximum Gasteiger partial charge on any atom is 0.416 e. The maximum atomic E-state index is 13.3. The number of anilines is 3. The third kappa shape index (κ3) is 5.62. The summed E-state index contributed by atoms with van der Waals surface area (Å²) >= 11 is 0. The van der Waals surface area contributed by atoms with Crippen LogP contribution in [0.1, 0.15) is 11.1 Å². The van der Waals surface area contributed by atoms with E-state index in [1.54, 1.807) is 0 Å². The van der Waals surface area contributed by atoms with Gasteiger partial charge in [-0.2, -0.15) is 26.3 Å². The third-order valence-corrected chi connectivity index (χ3v) is 5.09. The number of nitrogens with one attached hydrogen (secondary N) is 2. The van der Waals surface area contributed by atoms with Gasteiger partial charge in [0.1, 0.15) is 11.5 Å². The lowest BCUT2D eigenvalue weighted by atomic mass is 10.0. The van der Waals surface area contributed by atoms with Gasteiger partial charge in [0.2, 0.25) is 11.8 Å². The summed E-state index contributed by atoms with van der Waals surface area (Å²) in [6.07, 6.45) is -7.11. The van der Waals surface area contributed by atoms with E-state index in [4.69, 9.17) is 5.73 Å². The zero-order chi connectivity index (χ0) is 27.0. The van der Waals surface area contributed by atoms with Gasteiger partial charge in [-0.05, 0) is 24.3 Å². The minimum absolute atomic E-state index is 0.0430. The van der Waals surface area contributed by atoms with E-state index >= 15 is 0 Å². The highest BCUT2D eigenvalue weighted by atomic mass is 19.4. The Hall–Kier alpha value is -4.63. The molecule has 10 nitrogen and oxygen atoms in total. The number of halogens is 6. The second-order valence-electron chi connectivity index (χ2n) is 7.63. The van der Waals surface area contributed by atoms with E-state index < -0.39 is 28.4 Å². The van der Waals surface area contributed by atoms with Crippen molar-refractivity contribution in [3.05, 3.63) is 70.0 Å². The molecule has 3 aromatic heterocycles. The second-order valence-corrected chi connectivity index (χ2v) is 7.63. The summed E-state index contributed by atoms with van der Waals surface area (Å²) in [5.74, 6) is 0.0775. The number of nitrogen functional groups attached to an aromatic ring is 1. The SMILES string of the molecule is Nc1nc(NCCNc2nc(-c3cc(C(F)(F)F)cc(C(F)(F)F)c3)cc3nccn23)ccc1[N+](=O)[O-]. The molecule has 3 heterocycles. The molecule has 0 unspecified atom stereocenters. The van der Waals surface area contributed by atoms with Crippen molar-refractivity contribution in [1.82, 2.24) is 19.4 Å². The lowest BCUT2D eigenvalue weighted by molar-refractivity contribution is -0.384. The number of benzene rings is 1. The van der Waals surface area contributed by atoms with Crippen LogP contribution in [0.4, 0.5) is 49.6 Å². The van der Waals surface area contributed by atoms with Gasteiger partial charge in [-0.25, -0.2) is 15.0 Å². The van der Waals surface area contributed by atoms with Gasteiger partial charge in [-0.3, -0.25) is 14.5 Å². The van der Waals surface area contributed by atoms with Crippen LogP contribution in [0, 0.1) is 10.1 Å². The normalized spacial score (nSPS) is 12.1. The minimum atomic E-state index is -5.00. The number of hydrogen-bond donors (Lipinski definition) is 3. The number of aromatic nitrogens is 4. The van der Waals surface area contributed by atoms with Gasteiger partial charge in [0.25, 0.3) is 0 Å². The molecule has 0 aliphatic carbocycles. The summed E-state index contributed by atoms with van der Waals surface area (Å²) in [6.45, 7) is 0.368. The highest BCUT2D eigenvalue weighted by Crippen LogP contribution is 2.38. The standard InChI is InChI=1S/C21H16F6N8O2/c22-20(23,24)12-7-11(8-13(9-12)21(25,26)27)14-10-17-30-5-6-34(17)19(32-14)31-4-3-29-16-2-1-15(35(36)37)18(28)33-16/h1-2,5-10H,3-4H2,(H,31,32)(H3,28,29,33). The molecule has 0 aliphatic rings. The highest BCUT2D eigenvalue weighted by Gasteiger charge is 2.37. The summed E-state index contributed by atoms with van der Waals surface area (Å²) < 4.78 is 81.2. The molecule has 0 saturated heterocycles. The number of rotatable bonds is 7. The van der Waals surface area contributed by atoms with Crippen molar-refractivity contribution in [3.63, 3.8) is 0 Å². The number of nitro groups is 1. The van der Waals surface area contributed by atoms with E-state index in [-0.39, 0.29) is 59.3 Å². The van der Waals surface area contributed by atoms with E-state index in [1.807, 2.05) is 0 Å². The number of nitrogens with two attached hydrogens (primary N) is 1.